The van der Waals surface area contributed by atoms with Crippen molar-refractivity contribution in [3.63, 3.8) is 0 Å². The molecule has 2 unspecified atom stereocenters. The summed E-state index contributed by atoms with van der Waals surface area (Å²) < 4.78 is 5.48. The summed E-state index contributed by atoms with van der Waals surface area (Å²) in [6, 6.07) is 0. The Kier molecular flexibility index (Phi) is 15.4. The molecule has 0 aliphatic rings. The molecule has 0 aromatic carbocycles. The van der Waals surface area contributed by atoms with Crippen molar-refractivity contribution in [1.29, 1.82) is 0 Å². The summed E-state index contributed by atoms with van der Waals surface area (Å²) in [4.78, 5) is 0. The Morgan fingerprint density at radius 1 is 0.897 bits per heavy atom. The molecule has 29 heavy (non-hydrogen) atoms. The fourth-order valence-corrected chi connectivity index (χ4v) is 3.30. The first kappa shape index (κ1) is 28.1. The van der Waals surface area contributed by atoms with E-state index in [0.717, 1.165) is 38.5 Å². The number of aliphatic hydroxyl groups is 2. The molecule has 3 nitrogen and oxygen atoms in total. The van der Waals surface area contributed by atoms with Gasteiger partial charge in [-0.3, -0.25) is 0 Å². The lowest BCUT2D eigenvalue weighted by Gasteiger charge is -2.25. The molecule has 0 fully saturated rings. The summed E-state index contributed by atoms with van der Waals surface area (Å²) in [6.07, 6.45) is 15.5. The lowest BCUT2D eigenvalue weighted by molar-refractivity contribution is -0.344. The van der Waals surface area contributed by atoms with E-state index in [1.165, 1.54) is 23.1 Å². The second-order valence-corrected chi connectivity index (χ2v) is 9.32. The zero-order valence-corrected chi connectivity index (χ0v) is 20.3. The van der Waals surface area contributed by atoms with Crippen molar-refractivity contribution >= 4 is 0 Å². The maximum atomic E-state index is 9.96. The van der Waals surface area contributed by atoms with Gasteiger partial charge in [-0.2, -0.15) is 0 Å². The smallest absolute Gasteiger partial charge is 0.277 e. The van der Waals surface area contributed by atoms with Crippen LogP contribution in [0.5, 0.6) is 0 Å². The van der Waals surface area contributed by atoms with Gasteiger partial charge in [0.25, 0.3) is 5.97 Å². The van der Waals surface area contributed by atoms with Crippen LogP contribution in [0.25, 0.3) is 0 Å². The molecule has 170 valence electrons. The molecule has 0 aromatic heterocycles. The maximum absolute atomic E-state index is 9.96. The molecule has 0 spiro atoms. The summed E-state index contributed by atoms with van der Waals surface area (Å²) in [5.74, 6) is -1.01. The highest BCUT2D eigenvalue weighted by Gasteiger charge is 2.24. The lowest BCUT2D eigenvalue weighted by Crippen LogP contribution is -2.33. The molecule has 0 bridgehead atoms. The summed E-state index contributed by atoms with van der Waals surface area (Å²) in [7, 11) is 0. The molecule has 0 rings (SSSR count). The minimum Gasteiger partial charge on any atom is -0.343 e. The van der Waals surface area contributed by atoms with Crippen molar-refractivity contribution in [2.45, 2.75) is 112 Å². The van der Waals surface area contributed by atoms with E-state index in [1.54, 1.807) is 0 Å². The number of rotatable bonds is 16. The van der Waals surface area contributed by atoms with Crippen molar-refractivity contribution in [3.8, 4) is 0 Å². The van der Waals surface area contributed by atoms with E-state index in [1.807, 2.05) is 6.92 Å². The van der Waals surface area contributed by atoms with E-state index < -0.39 is 5.97 Å². The van der Waals surface area contributed by atoms with Crippen LogP contribution in [0.1, 0.15) is 106 Å². The second-order valence-electron chi connectivity index (χ2n) is 9.32. The molecular weight excluding hydrogens is 360 g/mol. The Morgan fingerprint density at radius 2 is 1.52 bits per heavy atom. The van der Waals surface area contributed by atoms with E-state index in [2.05, 4.69) is 59.8 Å². The third-order valence-corrected chi connectivity index (χ3v) is 5.30. The van der Waals surface area contributed by atoms with Crippen molar-refractivity contribution in [3.05, 3.63) is 34.9 Å². The average molecular weight is 409 g/mol. The topological polar surface area (TPSA) is 49.7 Å². The Bertz CT molecular complexity index is 506. The predicted octanol–water partition coefficient (Wildman–Crippen LogP) is 7.30. The van der Waals surface area contributed by atoms with E-state index in [4.69, 9.17) is 4.74 Å². The standard InChI is InChI=1S/C26H48O3/c1-8-19-26(27,28)29-20-25(17-15-23(6)13-9-11-21(2)3)18-16-24(7)14-10-12-22(4)5/h11-12,15,24-25,27-28H,8-10,13-14,16-20H2,1-7H3/b23-15-. The SMILES string of the molecule is CCCC(O)(O)OCC(C/C=C(/C)CCC=C(C)C)CCC(C)CCC=C(C)C. The fourth-order valence-electron chi connectivity index (χ4n) is 3.30. The first-order valence-electron chi connectivity index (χ1n) is 11.6. The van der Waals surface area contributed by atoms with Gasteiger partial charge in [-0.1, -0.05) is 55.2 Å². The quantitative estimate of drug-likeness (QED) is 0.208. The molecule has 0 radical (unpaired) electrons. The fraction of sp³-hybridized carbons (Fsp3) is 0.769. The van der Waals surface area contributed by atoms with Crippen LogP contribution in [0.15, 0.2) is 34.9 Å². The molecule has 2 N–H and O–H groups in total. The minimum absolute atomic E-state index is 0.246. The Morgan fingerprint density at radius 3 is 2.10 bits per heavy atom. The first-order chi connectivity index (χ1) is 13.6. The highest BCUT2D eigenvalue weighted by atomic mass is 16.8. The van der Waals surface area contributed by atoms with Gasteiger partial charge in [0.2, 0.25) is 0 Å². The molecule has 0 aromatic rings. The van der Waals surface area contributed by atoms with Crippen LogP contribution in [-0.4, -0.2) is 22.8 Å². The second kappa shape index (κ2) is 15.9. The highest BCUT2D eigenvalue weighted by Crippen LogP contribution is 2.23. The predicted molar refractivity (Wildman–Crippen MR) is 126 cm³/mol. The number of ether oxygens (including phenoxy) is 1. The van der Waals surface area contributed by atoms with Crippen molar-refractivity contribution in [2.75, 3.05) is 6.61 Å². The Balaban J connectivity index is 4.70. The van der Waals surface area contributed by atoms with Gasteiger partial charge in [-0.05, 0) is 91.4 Å². The van der Waals surface area contributed by atoms with Crippen LogP contribution in [0.4, 0.5) is 0 Å². The van der Waals surface area contributed by atoms with Gasteiger partial charge in [0, 0.05) is 6.42 Å². The van der Waals surface area contributed by atoms with Crippen LogP contribution >= 0.6 is 0 Å². The van der Waals surface area contributed by atoms with E-state index in [-0.39, 0.29) is 6.42 Å². The normalized spacial score (nSPS) is 14.4. The third-order valence-electron chi connectivity index (χ3n) is 5.30. The maximum Gasteiger partial charge on any atom is 0.277 e. The monoisotopic (exact) mass is 408 g/mol. The summed E-state index contributed by atoms with van der Waals surface area (Å²) in [5.41, 5.74) is 4.15. The van der Waals surface area contributed by atoms with Gasteiger partial charge < -0.3 is 14.9 Å². The molecule has 0 saturated heterocycles. The van der Waals surface area contributed by atoms with Crippen molar-refractivity contribution in [1.82, 2.24) is 0 Å². The van der Waals surface area contributed by atoms with Crippen LogP contribution in [0.2, 0.25) is 0 Å². The average Bonchev–Trinajstić information content (AvgIpc) is 2.60. The third kappa shape index (κ3) is 17.7. The van der Waals surface area contributed by atoms with Crippen LogP contribution in [0, 0.1) is 11.8 Å². The summed E-state index contributed by atoms with van der Waals surface area (Å²) in [6.45, 7) is 15.4. The number of hydrogen-bond donors (Lipinski definition) is 2. The highest BCUT2D eigenvalue weighted by molar-refractivity contribution is 5.02. The molecule has 2 atom stereocenters. The summed E-state index contributed by atoms with van der Waals surface area (Å²) in [5, 5.41) is 19.9. The van der Waals surface area contributed by atoms with Crippen LogP contribution in [0.3, 0.4) is 0 Å². The van der Waals surface area contributed by atoms with Gasteiger partial charge >= 0.3 is 0 Å². The molecule has 0 saturated carbocycles. The van der Waals surface area contributed by atoms with E-state index in [0.29, 0.717) is 24.9 Å². The van der Waals surface area contributed by atoms with Crippen molar-refractivity contribution in [2.24, 2.45) is 11.8 Å². The molecule has 3 heteroatoms. The molecule has 0 aliphatic heterocycles. The largest absolute Gasteiger partial charge is 0.343 e. The lowest BCUT2D eigenvalue weighted by atomic mass is 9.91. The number of hydrogen-bond acceptors (Lipinski definition) is 3. The molecule has 0 heterocycles. The molecule has 0 amide bonds. The van der Waals surface area contributed by atoms with Crippen LogP contribution in [-0.2, 0) is 4.74 Å². The van der Waals surface area contributed by atoms with Gasteiger partial charge in [0.05, 0.1) is 6.61 Å². The zero-order valence-electron chi connectivity index (χ0n) is 20.3. The van der Waals surface area contributed by atoms with Gasteiger partial charge in [0.1, 0.15) is 0 Å². The van der Waals surface area contributed by atoms with Crippen molar-refractivity contribution < 1.29 is 14.9 Å². The Hall–Kier alpha value is -0.900. The minimum atomic E-state index is -2.00. The van der Waals surface area contributed by atoms with Gasteiger partial charge in [0.15, 0.2) is 0 Å². The number of allylic oxidation sites excluding steroid dienone is 6. The molecule has 0 aliphatic carbocycles. The van der Waals surface area contributed by atoms with Gasteiger partial charge in [-0.15, -0.1) is 0 Å². The zero-order chi connectivity index (χ0) is 22.3. The van der Waals surface area contributed by atoms with Crippen LogP contribution < -0.4 is 0 Å². The first-order valence-corrected chi connectivity index (χ1v) is 11.6. The summed E-state index contributed by atoms with van der Waals surface area (Å²) >= 11 is 0. The van der Waals surface area contributed by atoms with E-state index in [9.17, 15) is 10.2 Å². The molecular formula is C26H48O3. The van der Waals surface area contributed by atoms with E-state index >= 15 is 0 Å². The van der Waals surface area contributed by atoms with Gasteiger partial charge in [-0.25, -0.2) is 0 Å². The Labute approximate surface area is 180 Å².